The fourth-order valence-electron chi connectivity index (χ4n) is 3.08. The first-order valence-electron chi connectivity index (χ1n) is 9.45. The Morgan fingerprint density at radius 2 is 1.90 bits per heavy atom. The van der Waals surface area contributed by atoms with Crippen LogP contribution < -0.4 is 15.4 Å². The smallest absolute Gasteiger partial charge is 0.399 e. The van der Waals surface area contributed by atoms with Gasteiger partial charge in [0.25, 0.3) is 0 Å². The fraction of sp³-hybridized carbons (Fsp3) is 0.364. The molecule has 0 spiro atoms. The molecule has 0 saturated carbocycles. The first kappa shape index (κ1) is 20.9. The summed E-state index contributed by atoms with van der Waals surface area (Å²) in [5, 5.41) is 5.88. The molecule has 1 aliphatic heterocycles. The molecule has 1 aromatic carbocycles. The first-order chi connectivity index (χ1) is 13.8. The fourth-order valence-corrected chi connectivity index (χ4v) is 3.75. The van der Waals surface area contributed by atoms with Gasteiger partial charge in [0.2, 0.25) is 5.91 Å². The zero-order chi connectivity index (χ0) is 21.0. The Bertz CT molecular complexity index is 958. The zero-order valence-electron chi connectivity index (χ0n) is 16.9. The Kier molecular flexibility index (Phi) is 6.26. The summed E-state index contributed by atoms with van der Waals surface area (Å²) in [5.74, 6) is 2.16. The number of hydrogen-bond acceptors (Lipinski definition) is 5. The third kappa shape index (κ3) is 5.37. The van der Waals surface area contributed by atoms with Gasteiger partial charge in [-0.1, -0.05) is 23.3 Å². The van der Waals surface area contributed by atoms with E-state index in [1.165, 1.54) is 22.5 Å². The number of carbonyl (C=O) groups is 2. The summed E-state index contributed by atoms with van der Waals surface area (Å²) in [6.45, 7) is 5.28. The highest BCUT2D eigenvalue weighted by Crippen LogP contribution is 2.24. The van der Waals surface area contributed by atoms with Crippen molar-refractivity contribution in [2.75, 3.05) is 25.5 Å². The van der Waals surface area contributed by atoms with E-state index in [2.05, 4.69) is 34.6 Å². The van der Waals surface area contributed by atoms with Crippen LogP contribution in [0.2, 0.25) is 0 Å². The molecule has 0 unspecified atom stereocenters. The van der Waals surface area contributed by atoms with Gasteiger partial charge in [0.1, 0.15) is 5.54 Å². The average Bonchev–Trinajstić information content (AvgIpc) is 3.03. The van der Waals surface area contributed by atoms with Gasteiger partial charge in [-0.15, -0.1) is 6.42 Å². The van der Waals surface area contributed by atoms with E-state index in [-0.39, 0.29) is 5.91 Å². The Labute approximate surface area is 175 Å². The number of nitrogens with zero attached hydrogens (tertiary/aromatic N) is 1. The summed E-state index contributed by atoms with van der Waals surface area (Å²) in [6.07, 6.45) is 6.56. The molecule has 1 aromatic heterocycles. The van der Waals surface area contributed by atoms with Crippen molar-refractivity contribution in [3.05, 3.63) is 46.3 Å². The maximum Gasteiger partial charge on any atom is 0.414 e. The van der Waals surface area contributed by atoms with Crippen molar-refractivity contribution in [1.82, 2.24) is 10.2 Å². The molecule has 0 radical (unpaired) electrons. The molecule has 2 N–H and O–H groups in total. The van der Waals surface area contributed by atoms with Crippen LogP contribution in [0, 0.1) is 12.3 Å². The van der Waals surface area contributed by atoms with Crippen LogP contribution in [0.25, 0.3) is 0 Å². The normalized spacial score (nSPS) is 14.3. The van der Waals surface area contributed by atoms with E-state index in [4.69, 9.17) is 11.2 Å². The molecule has 2 amide bonds. The van der Waals surface area contributed by atoms with Crippen LogP contribution in [-0.4, -0.2) is 42.6 Å². The van der Waals surface area contributed by atoms with Crippen molar-refractivity contribution in [2.24, 2.45) is 0 Å². The quantitative estimate of drug-likeness (QED) is 0.758. The molecule has 1 aliphatic rings. The van der Waals surface area contributed by atoms with Crippen LogP contribution in [0.4, 0.5) is 10.5 Å². The highest BCUT2D eigenvalue weighted by Gasteiger charge is 2.30. The second-order valence-electron chi connectivity index (χ2n) is 7.64. The molecule has 29 heavy (non-hydrogen) atoms. The molecule has 7 heteroatoms. The minimum Gasteiger partial charge on any atom is -0.399 e. The lowest BCUT2D eigenvalue weighted by atomic mass is 10.0. The number of nitrogens with one attached hydrogen (secondary N) is 2. The van der Waals surface area contributed by atoms with Crippen LogP contribution in [0.3, 0.4) is 0 Å². The molecule has 0 aliphatic carbocycles. The third-order valence-electron chi connectivity index (χ3n) is 4.89. The van der Waals surface area contributed by atoms with E-state index in [0.717, 1.165) is 31.6 Å². The van der Waals surface area contributed by atoms with E-state index in [9.17, 15) is 9.59 Å². The van der Waals surface area contributed by atoms with Crippen molar-refractivity contribution < 1.29 is 14.3 Å². The number of carbonyl (C=O) groups excluding carboxylic acids is 2. The SMILES string of the molecule is C#Cc1ccc(OC(=O)NC(C)(C)C(=O)Nc2ccc3c(c2)CCN(C)CC3)s1. The number of ether oxygens (including phenoxy) is 1. The maximum absolute atomic E-state index is 12.7. The molecular formula is C22H25N3O3S. The van der Waals surface area contributed by atoms with Crippen molar-refractivity contribution >= 4 is 29.0 Å². The summed E-state index contributed by atoms with van der Waals surface area (Å²) in [5.41, 5.74) is 2.13. The van der Waals surface area contributed by atoms with Crippen molar-refractivity contribution in [1.29, 1.82) is 0 Å². The second kappa shape index (κ2) is 8.68. The van der Waals surface area contributed by atoms with Crippen LogP contribution in [-0.2, 0) is 17.6 Å². The molecule has 2 aromatic rings. The molecule has 152 valence electrons. The topological polar surface area (TPSA) is 70.7 Å². The Hall–Kier alpha value is -2.82. The highest BCUT2D eigenvalue weighted by atomic mass is 32.1. The van der Waals surface area contributed by atoms with Crippen LogP contribution >= 0.6 is 11.3 Å². The number of likely N-dealkylation sites (N-methyl/N-ethyl adjacent to an activating group) is 1. The van der Waals surface area contributed by atoms with E-state index in [1.54, 1.807) is 26.0 Å². The summed E-state index contributed by atoms with van der Waals surface area (Å²) in [6, 6.07) is 9.32. The standard InChI is InChI=1S/C22H25N3O3S/c1-5-18-8-9-19(29-18)28-21(27)24-22(2,3)20(26)23-17-7-6-15-10-12-25(4)13-11-16(15)14-17/h1,6-9,14H,10-13H2,2-4H3,(H,23,26)(H,24,27). The number of amides is 2. The lowest BCUT2D eigenvalue weighted by Gasteiger charge is -2.24. The van der Waals surface area contributed by atoms with Gasteiger partial charge in [0.05, 0.1) is 4.88 Å². The minimum absolute atomic E-state index is 0.323. The van der Waals surface area contributed by atoms with Gasteiger partial charge in [-0.25, -0.2) is 4.79 Å². The van der Waals surface area contributed by atoms with Gasteiger partial charge in [0.15, 0.2) is 5.06 Å². The van der Waals surface area contributed by atoms with Gasteiger partial charge in [-0.05, 0) is 69.1 Å². The summed E-state index contributed by atoms with van der Waals surface area (Å²) in [7, 11) is 2.12. The van der Waals surface area contributed by atoms with E-state index >= 15 is 0 Å². The highest BCUT2D eigenvalue weighted by molar-refractivity contribution is 7.14. The van der Waals surface area contributed by atoms with Crippen molar-refractivity contribution in [3.8, 4) is 17.4 Å². The predicted octanol–water partition coefficient (Wildman–Crippen LogP) is 3.27. The summed E-state index contributed by atoms with van der Waals surface area (Å²) in [4.78, 5) is 27.9. The maximum atomic E-state index is 12.7. The number of terminal acetylenes is 1. The number of anilines is 1. The van der Waals surface area contributed by atoms with Gasteiger partial charge < -0.3 is 20.3 Å². The van der Waals surface area contributed by atoms with E-state index in [1.807, 2.05) is 12.1 Å². The Morgan fingerprint density at radius 3 is 2.59 bits per heavy atom. The van der Waals surface area contributed by atoms with Crippen molar-refractivity contribution in [2.45, 2.75) is 32.2 Å². The van der Waals surface area contributed by atoms with Gasteiger partial charge in [-0.3, -0.25) is 4.79 Å². The Morgan fingerprint density at radius 1 is 1.17 bits per heavy atom. The molecule has 0 atom stereocenters. The molecule has 6 nitrogen and oxygen atoms in total. The summed E-state index contributed by atoms with van der Waals surface area (Å²) < 4.78 is 5.22. The number of benzene rings is 1. The number of hydrogen-bond donors (Lipinski definition) is 2. The van der Waals surface area contributed by atoms with Crippen LogP contribution in [0.5, 0.6) is 5.06 Å². The largest absolute Gasteiger partial charge is 0.414 e. The molecule has 0 saturated heterocycles. The zero-order valence-corrected chi connectivity index (χ0v) is 17.7. The van der Waals surface area contributed by atoms with E-state index in [0.29, 0.717) is 9.94 Å². The van der Waals surface area contributed by atoms with Crippen LogP contribution in [0.1, 0.15) is 29.9 Å². The number of rotatable bonds is 4. The minimum atomic E-state index is -1.16. The number of thiophene rings is 1. The average molecular weight is 412 g/mol. The molecule has 3 rings (SSSR count). The number of fused-ring (bicyclic) bond motifs is 1. The lowest BCUT2D eigenvalue weighted by molar-refractivity contribution is -0.121. The monoisotopic (exact) mass is 411 g/mol. The van der Waals surface area contributed by atoms with Gasteiger partial charge in [-0.2, -0.15) is 0 Å². The van der Waals surface area contributed by atoms with Gasteiger partial charge in [0, 0.05) is 18.8 Å². The second-order valence-corrected chi connectivity index (χ2v) is 8.69. The predicted molar refractivity (Wildman–Crippen MR) is 115 cm³/mol. The Balaban J connectivity index is 1.61. The van der Waals surface area contributed by atoms with Crippen molar-refractivity contribution in [3.63, 3.8) is 0 Å². The van der Waals surface area contributed by atoms with Crippen LogP contribution in [0.15, 0.2) is 30.3 Å². The summed E-state index contributed by atoms with van der Waals surface area (Å²) >= 11 is 1.19. The third-order valence-corrected chi connectivity index (χ3v) is 5.78. The first-order valence-corrected chi connectivity index (χ1v) is 10.3. The van der Waals surface area contributed by atoms with Gasteiger partial charge >= 0.3 is 6.09 Å². The molecular weight excluding hydrogens is 386 g/mol. The molecule has 0 bridgehead atoms. The lowest BCUT2D eigenvalue weighted by Crippen LogP contribution is -2.53. The molecule has 2 heterocycles. The van der Waals surface area contributed by atoms with E-state index < -0.39 is 11.6 Å². The molecule has 0 fully saturated rings.